The summed E-state index contributed by atoms with van der Waals surface area (Å²) in [6.45, 7) is 9.10. The Labute approximate surface area is 236 Å². The van der Waals surface area contributed by atoms with Crippen molar-refractivity contribution in [2.75, 3.05) is 33.9 Å². The van der Waals surface area contributed by atoms with E-state index in [1.165, 1.54) is 11.3 Å². The molecule has 2 heterocycles. The van der Waals surface area contributed by atoms with E-state index < -0.39 is 6.04 Å². The average Bonchev–Trinajstić information content (AvgIpc) is 3.23. The van der Waals surface area contributed by atoms with E-state index in [-0.39, 0.29) is 11.5 Å². The lowest BCUT2D eigenvalue weighted by Gasteiger charge is -2.30. The van der Waals surface area contributed by atoms with Crippen LogP contribution in [0.3, 0.4) is 0 Å². The summed E-state index contributed by atoms with van der Waals surface area (Å²) in [7, 11) is 3.13. The number of ether oxygens (including phenoxy) is 3. The number of hydrogen-bond acceptors (Lipinski definition) is 7. The van der Waals surface area contributed by atoms with Gasteiger partial charge in [-0.05, 0) is 69.7 Å². The lowest BCUT2D eigenvalue weighted by atomic mass is 9.93. The molecule has 8 nitrogen and oxygen atoms in total. The van der Waals surface area contributed by atoms with Crippen LogP contribution in [0, 0.1) is 0 Å². The summed E-state index contributed by atoms with van der Waals surface area (Å²) in [6.07, 6.45) is 1.77. The molecule has 2 aromatic carbocycles. The summed E-state index contributed by atoms with van der Waals surface area (Å²) in [4.78, 5) is 34.8. The minimum absolute atomic E-state index is 0.177. The molecule has 1 aliphatic heterocycles. The number of carbonyl (C=O) groups excluding carboxylic acids is 1. The number of benzene rings is 2. The quantitative estimate of drug-likeness (QED) is 0.386. The smallest absolute Gasteiger partial charge is 0.271 e. The molecule has 39 heavy (non-hydrogen) atoms. The zero-order valence-corrected chi connectivity index (χ0v) is 24.5. The van der Waals surface area contributed by atoms with Crippen molar-refractivity contribution < 1.29 is 19.0 Å². The first-order chi connectivity index (χ1) is 18.8. The average molecular weight is 570 g/mol. The van der Waals surface area contributed by atoms with E-state index in [1.807, 2.05) is 26.8 Å². The van der Waals surface area contributed by atoms with E-state index in [0.29, 0.717) is 68.1 Å². The Kier molecular flexibility index (Phi) is 8.82. The first-order valence-corrected chi connectivity index (χ1v) is 13.9. The Balaban J connectivity index is 1.98. The second-order valence-electron chi connectivity index (χ2n) is 8.79. The van der Waals surface area contributed by atoms with Gasteiger partial charge < -0.3 is 19.1 Å². The summed E-state index contributed by atoms with van der Waals surface area (Å²) < 4.78 is 18.8. The number of thiazole rings is 1. The van der Waals surface area contributed by atoms with E-state index in [2.05, 4.69) is 0 Å². The van der Waals surface area contributed by atoms with Gasteiger partial charge in [-0.2, -0.15) is 0 Å². The molecule has 0 radical (unpaired) electrons. The molecule has 1 atom stereocenters. The molecule has 1 aromatic heterocycles. The predicted molar refractivity (Wildman–Crippen MR) is 154 cm³/mol. The molecule has 0 spiro atoms. The maximum atomic E-state index is 14.0. The minimum Gasteiger partial charge on any atom is -0.497 e. The predicted octanol–water partition coefficient (Wildman–Crippen LogP) is 4.17. The lowest BCUT2D eigenvalue weighted by molar-refractivity contribution is -0.127. The third kappa shape index (κ3) is 5.46. The molecular weight excluding hydrogens is 538 g/mol. The molecule has 0 saturated heterocycles. The molecule has 206 valence electrons. The van der Waals surface area contributed by atoms with Gasteiger partial charge in [-0.3, -0.25) is 14.2 Å². The number of hydrogen-bond donors (Lipinski definition) is 0. The maximum absolute atomic E-state index is 14.0. The monoisotopic (exact) mass is 569 g/mol. The van der Waals surface area contributed by atoms with Crippen LogP contribution in [-0.2, 0) is 4.79 Å². The number of carbonyl (C=O) groups is 1. The van der Waals surface area contributed by atoms with Crippen LogP contribution in [0.15, 0.2) is 57.5 Å². The molecule has 0 unspecified atom stereocenters. The van der Waals surface area contributed by atoms with Gasteiger partial charge in [-0.15, -0.1) is 0 Å². The van der Waals surface area contributed by atoms with Crippen molar-refractivity contribution in [2.45, 2.75) is 33.7 Å². The molecule has 10 heteroatoms. The normalized spacial score (nSPS) is 15.1. The Morgan fingerprint density at radius 2 is 1.82 bits per heavy atom. The topological polar surface area (TPSA) is 82.4 Å². The molecule has 0 saturated carbocycles. The van der Waals surface area contributed by atoms with Gasteiger partial charge in [0.1, 0.15) is 23.3 Å². The van der Waals surface area contributed by atoms with Gasteiger partial charge in [0.2, 0.25) is 0 Å². The van der Waals surface area contributed by atoms with Crippen LogP contribution in [-0.4, -0.2) is 49.3 Å². The van der Waals surface area contributed by atoms with Gasteiger partial charge in [-0.25, -0.2) is 4.99 Å². The Hall–Kier alpha value is -3.56. The SMILES string of the molecule is CCOc1ccc(/C=c2/sc3n(c2=O)[C@H](c2cc(OC)ccc2OC)C(C(=O)N(CC)CC)=C(C)N=3)cc1Cl. The molecule has 0 bridgehead atoms. The van der Waals surface area contributed by atoms with Gasteiger partial charge in [0, 0.05) is 18.7 Å². The fourth-order valence-corrected chi connectivity index (χ4v) is 5.94. The third-order valence-corrected chi connectivity index (χ3v) is 7.87. The van der Waals surface area contributed by atoms with Crippen LogP contribution in [0.4, 0.5) is 0 Å². The van der Waals surface area contributed by atoms with Gasteiger partial charge in [-0.1, -0.05) is 29.0 Å². The number of rotatable bonds is 9. The van der Waals surface area contributed by atoms with Crippen LogP contribution >= 0.6 is 22.9 Å². The van der Waals surface area contributed by atoms with Gasteiger partial charge in [0.15, 0.2) is 4.80 Å². The molecular formula is C29H32ClN3O5S. The number of halogens is 1. The van der Waals surface area contributed by atoms with Crippen LogP contribution in [0.25, 0.3) is 6.08 Å². The van der Waals surface area contributed by atoms with E-state index in [4.69, 9.17) is 30.8 Å². The maximum Gasteiger partial charge on any atom is 0.271 e. The number of nitrogens with zero attached hydrogens (tertiary/aromatic N) is 3. The van der Waals surface area contributed by atoms with Crippen LogP contribution < -0.4 is 29.1 Å². The summed E-state index contributed by atoms with van der Waals surface area (Å²) in [6, 6.07) is 9.99. The summed E-state index contributed by atoms with van der Waals surface area (Å²) in [5, 5.41) is 0.459. The minimum atomic E-state index is -0.759. The highest BCUT2D eigenvalue weighted by Crippen LogP contribution is 2.38. The van der Waals surface area contributed by atoms with E-state index in [9.17, 15) is 9.59 Å². The zero-order chi connectivity index (χ0) is 28.3. The standard InChI is InChI=1S/C29H32ClN3O5S/c1-7-32(8-2)28(35)25-17(4)31-29-33(26(25)20-16-19(36-5)11-13-22(20)37-6)27(34)24(39-29)15-18-10-12-23(38-9-3)21(30)14-18/h10-16,26H,7-9H2,1-6H3/b24-15+/t26-/m1/s1. The van der Waals surface area contributed by atoms with Crippen molar-refractivity contribution in [3.63, 3.8) is 0 Å². The lowest BCUT2D eigenvalue weighted by Crippen LogP contribution is -2.43. The number of allylic oxidation sites excluding steroid dienone is 1. The molecule has 3 aromatic rings. The van der Waals surface area contributed by atoms with Crippen LogP contribution in [0.1, 0.15) is 44.9 Å². The van der Waals surface area contributed by atoms with Crippen LogP contribution in [0.2, 0.25) is 5.02 Å². The van der Waals surface area contributed by atoms with E-state index >= 15 is 0 Å². The second kappa shape index (κ2) is 12.1. The number of amides is 1. The van der Waals surface area contributed by atoms with Crippen LogP contribution in [0.5, 0.6) is 17.2 Å². The number of fused-ring (bicyclic) bond motifs is 1. The molecule has 1 aliphatic rings. The van der Waals surface area contributed by atoms with Crippen molar-refractivity contribution in [3.05, 3.63) is 83.5 Å². The zero-order valence-electron chi connectivity index (χ0n) is 22.9. The van der Waals surface area contributed by atoms with E-state index in [0.717, 1.165) is 5.56 Å². The van der Waals surface area contributed by atoms with Crippen molar-refractivity contribution in [3.8, 4) is 17.2 Å². The largest absolute Gasteiger partial charge is 0.497 e. The van der Waals surface area contributed by atoms with E-state index in [1.54, 1.807) is 67.0 Å². The summed E-state index contributed by atoms with van der Waals surface area (Å²) in [5.74, 6) is 1.52. The Morgan fingerprint density at radius 3 is 2.44 bits per heavy atom. The number of likely N-dealkylation sites (N-methyl/N-ethyl adjacent to an activating group) is 1. The first kappa shape index (κ1) is 28.4. The first-order valence-electron chi connectivity index (χ1n) is 12.7. The summed E-state index contributed by atoms with van der Waals surface area (Å²) in [5.41, 5.74) is 2.10. The van der Waals surface area contributed by atoms with Gasteiger partial charge >= 0.3 is 0 Å². The Morgan fingerprint density at radius 1 is 1.10 bits per heavy atom. The summed E-state index contributed by atoms with van der Waals surface area (Å²) >= 11 is 7.65. The van der Waals surface area contributed by atoms with Crippen molar-refractivity contribution in [2.24, 2.45) is 4.99 Å². The second-order valence-corrected chi connectivity index (χ2v) is 10.2. The highest BCUT2D eigenvalue weighted by atomic mass is 35.5. The van der Waals surface area contributed by atoms with Gasteiger partial charge in [0.25, 0.3) is 11.5 Å². The fourth-order valence-electron chi connectivity index (χ4n) is 4.65. The highest BCUT2D eigenvalue weighted by molar-refractivity contribution is 7.07. The fraction of sp³-hybridized carbons (Fsp3) is 0.345. The molecule has 0 N–H and O–H groups in total. The molecule has 0 aliphatic carbocycles. The highest BCUT2D eigenvalue weighted by Gasteiger charge is 2.36. The Bertz CT molecular complexity index is 1600. The van der Waals surface area contributed by atoms with Crippen molar-refractivity contribution in [1.82, 2.24) is 9.47 Å². The molecule has 1 amide bonds. The van der Waals surface area contributed by atoms with Crippen molar-refractivity contribution >= 4 is 34.9 Å². The molecule has 4 rings (SSSR count). The molecule has 0 fully saturated rings. The number of methoxy groups -OCH3 is 2. The number of aromatic nitrogens is 1. The van der Waals surface area contributed by atoms with Gasteiger partial charge in [0.05, 0.1) is 41.7 Å². The van der Waals surface area contributed by atoms with Crippen molar-refractivity contribution in [1.29, 1.82) is 0 Å². The third-order valence-electron chi connectivity index (χ3n) is 6.59.